The third-order valence-corrected chi connectivity index (χ3v) is 25.7. The Kier molecular flexibility index (Phi) is 18.1. The first-order valence-electron chi connectivity index (χ1n) is 19.4. The van der Waals surface area contributed by atoms with E-state index in [2.05, 4.69) is 131 Å². The molecule has 6 atom stereocenters. The SMILES string of the molecule is B#P(B)OC([C@H](O)[C@H](O[Si](C)(C)C(C)(C)C)C(=O)OC)[C@H](O[Si](C)(C)C(C)(C)C)[C@H](CO[Si](c1ccccc1)(c1ccccc1)C(C)(C)C)OCCCC. The van der Waals surface area contributed by atoms with Gasteiger partial charge in [-0.25, -0.2) is 0 Å². The van der Waals surface area contributed by atoms with Crippen molar-refractivity contribution in [2.24, 2.45) is 0 Å². The number of rotatable bonds is 19. The van der Waals surface area contributed by atoms with E-state index in [4.69, 9.17) is 34.3 Å². The molecule has 1 N–H and O–H groups in total. The fraction of sp³-hybridized carbons (Fsp3) is 0.675. The van der Waals surface area contributed by atoms with E-state index in [1.54, 1.807) is 7.57 Å². The summed E-state index contributed by atoms with van der Waals surface area (Å²) in [5.74, 6) is -0.684. The van der Waals surface area contributed by atoms with Gasteiger partial charge in [0.1, 0.15) is 0 Å². The molecule has 14 heteroatoms. The summed E-state index contributed by atoms with van der Waals surface area (Å²) in [6, 6.07) is 21.0. The van der Waals surface area contributed by atoms with Gasteiger partial charge in [0.2, 0.25) is 0 Å². The molecule has 8 nitrogen and oxygen atoms in total. The molecule has 2 aromatic rings. The van der Waals surface area contributed by atoms with E-state index >= 15 is 0 Å². The minimum absolute atomic E-state index is 0.140. The average molecular weight is 817 g/mol. The number of hydrogen-bond acceptors (Lipinski definition) is 8. The summed E-state index contributed by atoms with van der Waals surface area (Å²) in [6.45, 7) is 30.6. The van der Waals surface area contributed by atoms with Gasteiger partial charge >= 0.3 is 335 Å². The Balaban J connectivity index is 2.94. The molecule has 0 amide bonds. The van der Waals surface area contributed by atoms with Gasteiger partial charge in [-0.2, -0.15) is 0 Å². The fourth-order valence-corrected chi connectivity index (χ4v) is 13.7. The Labute approximate surface area is 334 Å². The number of carbonyl (C=O) groups excluding carboxylic acids is 1. The van der Waals surface area contributed by atoms with Gasteiger partial charge in [-0.15, -0.1) is 0 Å². The topological polar surface area (TPSA) is 92.7 Å². The quantitative estimate of drug-likeness (QED) is 0.0676. The zero-order valence-electron chi connectivity index (χ0n) is 36.3. The van der Waals surface area contributed by atoms with Crippen LogP contribution < -0.4 is 10.4 Å². The zero-order chi connectivity index (χ0) is 41.3. The second-order valence-corrected chi connectivity index (χ2v) is 33.6. The number of ether oxygens (including phenoxy) is 2. The number of benzene rings is 2. The van der Waals surface area contributed by atoms with Gasteiger partial charge in [-0.05, 0) is 0 Å². The zero-order valence-corrected chi connectivity index (χ0v) is 40.2. The molecule has 0 radical (unpaired) electrons. The molecule has 0 aliphatic rings. The van der Waals surface area contributed by atoms with Crippen LogP contribution in [0.2, 0.25) is 41.3 Å². The summed E-state index contributed by atoms with van der Waals surface area (Å²) in [4.78, 5) is 13.6. The molecular formula is C40H71B2O8PSi3. The Hall–Kier alpha value is -1.25. The van der Waals surface area contributed by atoms with E-state index in [0.717, 1.165) is 23.2 Å². The van der Waals surface area contributed by atoms with Crippen LogP contribution in [0.15, 0.2) is 60.7 Å². The molecule has 0 fully saturated rings. The molecular weight excluding hydrogens is 745 g/mol. The van der Waals surface area contributed by atoms with E-state index in [-0.39, 0.29) is 21.7 Å². The van der Waals surface area contributed by atoms with Crippen molar-refractivity contribution in [3.8, 4) is 0 Å². The van der Waals surface area contributed by atoms with Gasteiger partial charge < -0.3 is 0 Å². The summed E-state index contributed by atoms with van der Waals surface area (Å²) in [5.41, 5.74) is 0. The normalized spacial score (nSPS) is 16.7. The first kappa shape index (κ1) is 48.9. The predicted octanol–water partition coefficient (Wildman–Crippen LogP) is 7.48. The molecule has 0 spiro atoms. The van der Waals surface area contributed by atoms with Crippen LogP contribution in [-0.2, 0) is 32.1 Å². The molecule has 54 heavy (non-hydrogen) atoms. The standard InChI is InChI=1S/C40H71B2O8PSi3/c1-16-17-28-46-32(29-47-54(40(8,9)10,30-24-20-18-21-25-30)31-26-22-19-23-27-31)34(49-52(12,13)38(2,3)4)35(48-51(41)42)33(43)36(37(44)45-11)50-53(14,15)39(5,6)7/h18-27,32-36,43H,16-17,28-29,41H2,1-15H3/t32-,33-,34+,35?,36-/m0/s1. The van der Waals surface area contributed by atoms with Crippen LogP contribution in [0.4, 0.5) is 0 Å². The maximum atomic E-state index is 13.6. The summed E-state index contributed by atoms with van der Waals surface area (Å²) in [5, 5.41) is 14.0. The number of methoxy groups -OCH3 is 1. The molecule has 2 rings (SSSR count). The van der Waals surface area contributed by atoms with Crippen molar-refractivity contribution in [2.45, 2.75) is 154 Å². The van der Waals surface area contributed by atoms with Crippen molar-refractivity contribution >= 4 is 63.2 Å². The number of carbonyl (C=O) groups is 1. The molecule has 0 saturated heterocycles. The number of hydrogen-bond donors (Lipinski definition) is 1. The van der Waals surface area contributed by atoms with E-state index < -0.39 is 68.8 Å². The maximum absolute atomic E-state index is 13.6. The first-order chi connectivity index (χ1) is 24.8. The van der Waals surface area contributed by atoms with Crippen molar-refractivity contribution < 1.29 is 37.2 Å². The average Bonchev–Trinajstić information content (AvgIpc) is 3.07. The monoisotopic (exact) mass is 816 g/mol. The van der Waals surface area contributed by atoms with E-state index in [1.807, 2.05) is 25.2 Å². The summed E-state index contributed by atoms with van der Waals surface area (Å²) < 4.78 is 40.2. The predicted molar refractivity (Wildman–Crippen MR) is 236 cm³/mol. The van der Waals surface area contributed by atoms with Gasteiger partial charge in [-0.1, -0.05) is 0 Å². The molecule has 0 heterocycles. The summed E-state index contributed by atoms with van der Waals surface area (Å²) in [7, 11) is -0.280. The van der Waals surface area contributed by atoms with Crippen LogP contribution in [0.25, 0.3) is 0 Å². The van der Waals surface area contributed by atoms with Crippen molar-refractivity contribution in [1.82, 2.24) is 0 Å². The van der Waals surface area contributed by atoms with E-state index in [9.17, 15) is 9.90 Å². The Morgan fingerprint density at radius 3 is 1.65 bits per heavy atom. The molecule has 2 aromatic carbocycles. The number of esters is 1. The summed E-state index contributed by atoms with van der Waals surface area (Å²) in [6.07, 6.45) is -3.84. The van der Waals surface area contributed by atoms with Gasteiger partial charge in [0.15, 0.2) is 0 Å². The second-order valence-electron chi connectivity index (χ2n) is 18.5. The number of unbranched alkanes of at least 4 members (excludes halogenated alkanes) is 1. The summed E-state index contributed by atoms with van der Waals surface area (Å²) >= 11 is 0. The van der Waals surface area contributed by atoms with Crippen molar-refractivity contribution in [3.63, 3.8) is 0 Å². The van der Waals surface area contributed by atoms with Crippen LogP contribution in [0, 0.1) is 0 Å². The number of aliphatic hydroxyl groups excluding tert-OH is 1. The van der Waals surface area contributed by atoms with Crippen LogP contribution in [0.5, 0.6) is 0 Å². The Morgan fingerprint density at radius 1 is 0.796 bits per heavy atom. The Bertz CT molecular complexity index is 1480. The van der Waals surface area contributed by atoms with Gasteiger partial charge in [0.05, 0.1) is 0 Å². The molecule has 0 aliphatic heterocycles. The second kappa shape index (κ2) is 19.9. The van der Waals surface area contributed by atoms with E-state index in [0.29, 0.717) is 6.61 Å². The van der Waals surface area contributed by atoms with E-state index in [1.165, 1.54) is 7.11 Å². The van der Waals surface area contributed by atoms with Crippen LogP contribution in [0.1, 0.15) is 82.1 Å². The van der Waals surface area contributed by atoms with Crippen LogP contribution in [-0.4, -0.2) is 101 Å². The molecule has 0 aromatic heterocycles. The molecule has 302 valence electrons. The third kappa shape index (κ3) is 12.4. The molecule has 0 bridgehead atoms. The number of aliphatic hydroxyl groups is 1. The third-order valence-electron chi connectivity index (χ3n) is 11.2. The molecule has 0 aliphatic carbocycles. The minimum atomic E-state index is -3.03. The van der Waals surface area contributed by atoms with Gasteiger partial charge in [-0.3, -0.25) is 0 Å². The van der Waals surface area contributed by atoms with Crippen molar-refractivity contribution in [1.29, 1.82) is 0 Å². The van der Waals surface area contributed by atoms with Crippen molar-refractivity contribution in [3.05, 3.63) is 60.7 Å². The Morgan fingerprint density at radius 2 is 1.26 bits per heavy atom. The van der Waals surface area contributed by atoms with Gasteiger partial charge in [0, 0.05) is 0 Å². The molecule has 2 unspecified atom stereocenters. The van der Waals surface area contributed by atoms with Crippen molar-refractivity contribution in [2.75, 3.05) is 20.3 Å². The van der Waals surface area contributed by atoms with Gasteiger partial charge in [0.25, 0.3) is 0 Å². The fourth-order valence-electron chi connectivity index (χ4n) is 6.01. The van der Waals surface area contributed by atoms with Crippen LogP contribution in [0.3, 0.4) is 0 Å². The first-order valence-corrected chi connectivity index (χ1v) is 28.9. The molecule has 0 saturated carbocycles. The van der Waals surface area contributed by atoms with Crippen LogP contribution >= 0.6 is 7.34 Å².